The van der Waals surface area contributed by atoms with E-state index in [0.29, 0.717) is 16.2 Å². The molecule has 0 amide bonds. The number of hydrogen-bond donors (Lipinski definition) is 0. The molecule has 20 heavy (non-hydrogen) atoms. The van der Waals surface area contributed by atoms with E-state index in [9.17, 15) is 4.39 Å². The van der Waals surface area contributed by atoms with Crippen molar-refractivity contribution in [2.24, 2.45) is 0 Å². The lowest BCUT2D eigenvalue weighted by Gasteiger charge is -2.28. The zero-order valence-corrected chi connectivity index (χ0v) is 13.6. The molecule has 0 aliphatic carbocycles. The molecule has 0 radical (unpaired) electrons. The number of halogens is 4. The molecule has 1 aliphatic heterocycles. The zero-order chi connectivity index (χ0) is 14.3. The second-order valence-electron chi connectivity index (χ2n) is 4.75. The van der Waals surface area contributed by atoms with Crippen LogP contribution in [0.25, 0.3) is 10.9 Å². The molecule has 1 saturated heterocycles. The summed E-state index contributed by atoms with van der Waals surface area (Å²) in [7, 11) is 0. The fourth-order valence-electron chi connectivity index (χ4n) is 2.48. The third-order valence-corrected chi connectivity index (χ3v) is 4.91. The average Bonchev–Trinajstić information content (AvgIpc) is 2.46. The van der Waals surface area contributed by atoms with Crippen LogP contribution in [0.5, 0.6) is 0 Å². The lowest BCUT2D eigenvalue weighted by molar-refractivity contribution is 0.574. The summed E-state index contributed by atoms with van der Waals surface area (Å²) in [5, 5.41) is 0.951. The van der Waals surface area contributed by atoms with E-state index in [2.05, 4.69) is 30.8 Å². The Morgan fingerprint density at radius 3 is 2.55 bits per heavy atom. The van der Waals surface area contributed by atoms with Gasteiger partial charge in [0.15, 0.2) is 5.82 Å². The minimum atomic E-state index is -0.505. The van der Waals surface area contributed by atoms with Crippen molar-refractivity contribution in [3.8, 4) is 0 Å². The second kappa shape index (κ2) is 5.62. The first-order chi connectivity index (χ1) is 9.58. The summed E-state index contributed by atoms with van der Waals surface area (Å²) < 4.78 is 14.5. The Balaban J connectivity index is 2.25. The van der Waals surface area contributed by atoms with Gasteiger partial charge < -0.3 is 4.90 Å². The highest BCUT2D eigenvalue weighted by Crippen LogP contribution is 2.36. The summed E-state index contributed by atoms with van der Waals surface area (Å²) in [5.41, 5.74) is 0.196. The summed E-state index contributed by atoms with van der Waals surface area (Å²) >= 11 is 15.1. The highest BCUT2D eigenvalue weighted by Gasteiger charge is 2.20. The van der Waals surface area contributed by atoms with Crippen molar-refractivity contribution < 1.29 is 4.39 Å². The van der Waals surface area contributed by atoms with E-state index >= 15 is 0 Å². The third-order valence-electron chi connectivity index (χ3n) is 3.44. The predicted octanol–water partition coefficient (Wildman–Crippen LogP) is 4.83. The summed E-state index contributed by atoms with van der Waals surface area (Å²) in [6.07, 6.45) is 3.39. The number of nitrogens with zero attached hydrogens (tertiary/aromatic N) is 3. The van der Waals surface area contributed by atoms with Crippen molar-refractivity contribution in [1.82, 2.24) is 9.97 Å². The van der Waals surface area contributed by atoms with Crippen LogP contribution in [-0.2, 0) is 0 Å². The molecule has 3 rings (SSSR count). The van der Waals surface area contributed by atoms with E-state index in [0.717, 1.165) is 25.9 Å². The maximum Gasteiger partial charge on any atom is 0.225 e. The lowest BCUT2D eigenvalue weighted by atomic mass is 10.1. The van der Waals surface area contributed by atoms with E-state index in [1.54, 1.807) is 6.07 Å². The van der Waals surface area contributed by atoms with Crippen LogP contribution in [0.2, 0.25) is 10.3 Å². The van der Waals surface area contributed by atoms with Gasteiger partial charge in [-0.3, -0.25) is 0 Å². The van der Waals surface area contributed by atoms with Gasteiger partial charge in [0.05, 0.1) is 9.50 Å². The summed E-state index contributed by atoms with van der Waals surface area (Å²) in [6.45, 7) is 1.77. The fourth-order valence-corrected chi connectivity index (χ4v) is 3.14. The largest absolute Gasteiger partial charge is 0.356 e. The molecule has 2 aromatic rings. The number of aromatic nitrogens is 2. The van der Waals surface area contributed by atoms with Gasteiger partial charge in [0, 0.05) is 18.5 Å². The molecule has 0 N–H and O–H groups in total. The van der Waals surface area contributed by atoms with Gasteiger partial charge in [-0.15, -0.1) is 0 Å². The zero-order valence-electron chi connectivity index (χ0n) is 10.5. The van der Waals surface area contributed by atoms with Gasteiger partial charge >= 0.3 is 0 Å². The van der Waals surface area contributed by atoms with Gasteiger partial charge in [0.1, 0.15) is 11.3 Å². The van der Waals surface area contributed by atoms with Gasteiger partial charge in [-0.1, -0.05) is 11.6 Å². The molecule has 0 spiro atoms. The van der Waals surface area contributed by atoms with Crippen molar-refractivity contribution in [3.63, 3.8) is 0 Å². The standard InChI is InChI=1S/C13H11BrCl2FN3/c14-9-8(15)6-7-11(10(9)17)18-13(16)19-12(7)20-4-2-1-3-5-20/h6H,1-5H2. The maximum absolute atomic E-state index is 14.3. The first-order valence-corrected chi connectivity index (χ1v) is 7.88. The van der Waals surface area contributed by atoms with Crippen molar-refractivity contribution in [1.29, 1.82) is 0 Å². The molecule has 0 bridgehead atoms. The normalized spacial score (nSPS) is 15.9. The first-order valence-electron chi connectivity index (χ1n) is 6.33. The number of piperidine rings is 1. The van der Waals surface area contributed by atoms with Crippen LogP contribution < -0.4 is 4.90 Å². The topological polar surface area (TPSA) is 29.0 Å². The molecule has 3 nitrogen and oxygen atoms in total. The van der Waals surface area contributed by atoms with Crippen molar-refractivity contribution in [3.05, 3.63) is 26.7 Å². The van der Waals surface area contributed by atoms with E-state index in [-0.39, 0.29) is 15.3 Å². The Hall–Kier alpha value is -0.650. The molecule has 0 saturated carbocycles. The minimum Gasteiger partial charge on any atom is -0.356 e. The van der Waals surface area contributed by atoms with Gasteiger partial charge in [-0.2, -0.15) is 4.98 Å². The molecule has 1 aromatic carbocycles. The Labute approximate surface area is 134 Å². The van der Waals surface area contributed by atoms with Crippen LogP contribution >= 0.6 is 39.1 Å². The molecule has 106 valence electrons. The van der Waals surface area contributed by atoms with Gasteiger partial charge in [-0.25, -0.2) is 9.37 Å². The quantitative estimate of drug-likeness (QED) is 0.525. The van der Waals surface area contributed by atoms with Crippen molar-refractivity contribution in [2.45, 2.75) is 19.3 Å². The average molecular weight is 379 g/mol. The van der Waals surface area contributed by atoms with E-state index in [1.165, 1.54) is 6.42 Å². The Bertz CT molecular complexity index is 674. The summed E-state index contributed by atoms with van der Waals surface area (Å²) in [5.74, 6) is 0.156. The van der Waals surface area contributed by atoms with Crippen molar-refractivity contribution in [2.75, 3.05) is 18.0 Å². The van der Waals surface area contributed by atoms with Crippen molar-refractivity contribution >= 4 is 55.9 Å². The van der Waals surface area contributed by atoms with Gasteiger partial charge in [-0.05, 0) is 52.9 Å². The van der Waals surface area contributed by atoms with Gasteiger partial charge in [0.25, 0.3) is 0 Å². The predicted molar refractivity (Wildman–Crippen MR) is 83.3 cm³/mol. The number of anilines is 1. The molecule has 2 heterocycles. The highest BCUT2D eigenvalue weighted by atomic mass is 79.9. The fraction of sp³-hybridized carbons (Fsp3) is 0.385. The molecule has 1 aromatic heterocycles. The van der Waals surface area contributed by atoms with E-state index < -0.39 is 5.82 Å². The molecule has 7 heteroatoms. The Morgan fingerprint density at radius 1 is 1.15 bits per heavy atom. The van der Waals surface area contributed by atoms with Crippen LogP contribution in [0.15, 0.2) is 10.5 Å². The number of rotatable bonds is 1. The monoisotopic (exact) mass is 377 g/mol. The molecule has 0 unspecified atom stereocenters. The summed E-state index contributed by atoms with van der Waals surface area (Å²) in [6, 6.07) is 1.68. The van der Waals surface area contributed by atoms with E-state index in [1.807, 2.05) is 0 Å². The molecule has 1 aliphatic rings. The smallest absolute Gasteiger partial charge is 0.225 e. The van der Waals surface area contributed by atoms with E-state index in [4.69, 9.17) is 23.2 Å². The number of benzene rings is 1. The lowest BCUT2D eigenvalue weighted by Crippen LogP contribution is -2.30. The number of hydrogen-bond acceptors (Lipinski definition) is 3. The molecule has 0 atom stereocenters. The van der Waals surface area contributed by atoms with Crippen LogP contribution in [0.4, 0.5) is 10.2 Å². The third kappa shape index (κ3) is 2.47. The Morgan fingerprint density at radius 2 is 1.85 bits per heavy atom. The molecule has 1 fully saturated rings. The SMILES string of the molecule is Fc1c(Br)c(Cl)cc2c(N3CCCCC3)nc(Cl)nc12. The van der Waals surface area contributed by atoms with Crippen LogP contribution in [0.1, 0.15) is 19.3 Å². The molecular formula is C13H11BrCl2FN3. The second-order valence-corrected chi connectivity index (χ2v) is 6.28. The van der Waals surface area contributed by atoms with Crippen LogP contribution in [0.3, 0.4) is 0 Å². The van der Waals surface area contributed by atoms with Gasteiger partial charge in [0.2, 0.25) is 5.28 Å². The highest BCUT2D eigenvalue weighted by molar-refractivity contribution is 9.10. The first kappa shape index (κ1) is 14.3. The molecular weight excluding hydrogens is 368 g/mol. The Kier molecular flexibility index (Phi) is 4.02. The summed E-state index contributed by atoms with van der Waals surface area (Å²) in [4.78, 5) is 10.4. The van der Waals surface area contributed by atoms with Crippen LogP contribution in [-0.4, -0.2) is 23.1 Å². The number of fused-ring (bicyclic) bond motifs is 1. The maximum atomic E-state index is 14.3. The minimum absolute atomic E-state index is 0.0474. The van der Waals surface area contributed by atoms with Crippen LogP contribution in [0, 0.1) is 5.82 Å².